The van der Waals surface area contributed by atoms with Crippen molar-refractivity contribution in [1.82, 2.24) is 0 Å². The van der Waals surface area contributed by atoms with E-state index in [1.54, 1.807) is 37.4 Å². The number of hydrogen-bond acceptors (Lipinski definition) is 7. The average molecular weight is 376 g/mol. The first-order valence-electron chi connectivity index (χ1n) is 8.60. The van der Waals surface area contributed by atoms with Crippen molar-refractivity contribution in [2.75, 3.05) is 28.1 Å². The minimum Gasteiger partial charge on any atom is -0.497 e. The van der Waals surface area contributed by atoms with Gasteiger partial charge >= 0.3 is 0 Å². The van der Waals surface area contributed by atoms with Gasteiger partial charge in [-0.15, -0.1) is 0 Å². The fourth-order valence-electron chi connectivity index (χ4n) is 3.15. The van der Waals surface area contributed by atoms with Crippen molar-refractivity contribution >= 4 is 0 Å². The van der Waals surface area contributed by atoms with Crippen LogP contribution in [0.2, 0.25) is 0 Å². The maximum absolute atomic E-state index is 10.5. The van der Waals surface area contributed by atoms with Gasteiger partial charge in [0.15, 0.2) is 11.5 Å². The zero-order chi connectivity index (χ0) is 19.4. The number of hydrogen-bond donors (Lipinski definition) is 2. The van der Waals surface area contributed by atoms with E-state index in [0.717, 1.165) is 0 Å². The van der Waals surface area contributed by atoms with Crippen molar-refractivity contribution < 1.29 is 33.9 Å². The van der Waals surface area contributed by atoms with Crippen LogP contribution in [0.4, 0.5) is 0 Å². The maximum atomic E-state index is 10.5. The molecule has 1 aliphatic rings. The molecule has 3 rings (SSSR count). The summed E-state index contributed by atoms with van der Waals surface area (Å²) in [5, 5.41) is 20.9. The third-order valence-corrected chi connectivity index (χ3v) is 4.52. The SMILES string of the molecule is COc1ccc([C@H](O)C[C@H](O)Cc2cc(OC)c3c(c2OC)OCO3)cc1. The quantitative estimate of drug-likeness (QED) is 0.732. The van der Waals surface area contributed by atoms with Gasteiger partial charge in [-0.3, -0.25) is 0 Å². The molecule has 2 aromatic carbocycles. The summed E-state index contributed by atoms with van der Waals surface area (Å²) in [5.74, 6) is 2.69. The minimum absolute atomic E-state index is 0.0875. The number of benzene rings is 2. The Labute approximate surface area is 158 Å². The molecule has 2 atom stereocenters. The number of methoxy groups -OCH3 is 3. The van der Waals surface area contributed by atoms with Crippen LogP contribution in [0.15, 0.2) is 30.3 Å². The molecule has 0 aliphatic carbocycles. The summed E-state index contributed by atoms with van der Waals surface area (Å²) in [7, 11) is 4.66. The smallest absolute Gasteiger partial charge is 0.231 e. The van der Waals surface area contributed by atoms with Crippen LogP contribution in [-0.4, -0.2) is 44.4 Å². The molecule has 0 spiro atoms. The van der Waals surface area contributed by atoms with E-state index < -0.39 is 12.2 Å². The third-order valence-electron chi connectivity index (χ3n) is 4.52. The van der Waals surface area contributed by atoms with Gasteiger partial charge in [-0.1, -0.05) is 12.1 Å². The Bertz CT molecular complexity index is 773. The highest BCUT2D eigenvalue weighted by Crippen LogP contribution is 2.49. The molecular weight excluding hydrogens is 352 g/mol. The second kappa shape index (κ2) is 8.37. The Balaban J connectivity index is 1.74. The van der Waals surface area contributed by atoms with E-state index in [1.807, 2.05) is 0 Å². The van der Waals surface area contributed by atoms with Crippen molar-refractivity contribution in [2.24, 2.45) is 0 Å². The summed E-state index contributed by atoms with van der Waals surface area (Å²) >= 11 is 0. The first-order valence-corrected chi connectivity index (χ1v) is 8.60. The summed E-state index contributed by atoms with van der Waals surface area (Å²) in [4.78, 5) is 0. The molecule has 0 radical (unpaired) electrons. The van der Waals surface area contributed by atoms with Crippen molar-refractivity contribution in [2.45, 2.75) is 25.0 Å². The summed E-state index contributed by atoms with van der Waals surface area (Å²) in [6.07, 6.45) is -1.15. The van der Waals surface area contributed by atoms with Crippen LogP contribution in [0.3, 0.4) is 0 Å². The number of fused-ring (bicyclic) bond motifs is 1. The third kappa shape index (κ3) is 4.04. The lowest BCUT2D eigenvalue weighted by Crippen LogP contribution is -2.16. The molecule has 0 fully saturated rings. The van der Waals surface area contributed by atoms with E-state index >= 15 is 0 Å². The van der Waals surface area contributed by atoms with Gasteiger partial charge in [0, 0.05) is 18.4 Å². The molecule has 27 heavy (non-hydrogen) atoms. The normalized spacial score (nSPS) is 14.6. The minimum atomic E-state index is -0.798. The Morgan fingerprint density at radius 2 is 1.67 bits per heavy atom. The lowest BCUT2D eigenvalue weighted by Gasteiger charge is -2.19. The van der Waals surface area contributed by atoms with E-state index in [1.165, 1.54) is 14.2 Å². The van der Waals surface area contributed by atoms with Crippen molar-refractivity contribution in [3.8, 4) is 28.7 Å². The summed E-state index contributed by atoms with van der Waals surface area (Å²) in [5.41, 5.74) is 1.43. The molecule has 7 nitrogen and oxygen atoms in total. The van der Waals surface area contributed by atoms with Gasteiger partial charge in [0.1, 0.15) is 5.75 Å². The predicted octanol–water partition coefficient (Wildman–Crippen LogP) is 2.47. The van der Waals surface area contributed by atoms with Crippen LogP contribution < -0.4 is 23.7 Å². The maximum Gasteiger partial charge on any atom is 0.231 e. The molecule has 0 bridgehead atoms. The highest BCUT2D eigenvalue weighted by Gasteiger charge is 2.28. The predicted molar refractivity (Wildman–Crippen MR) is 98.0 cm³/mol. The number of aliphatic hydroxyl groups is 2. The van der Waals surface area contributed by atoms with E-state index in [4.69, 9.17) is 23.7 Å². The lowest BCUT2D eigenvalue weighted by molar-refractivity contribution is 0.0803. The van der Waals surface area contributed by atoms with Crippen molar-refractivity contribution in [3.63, 3.8) is 0 Å². The fraction of sp³-hybridized carbons (Fsp3) is 0.400. The van der Waals surface area contributed by atoms with E-state index in [-0.39, 0.29) is 19.6 Å². The molecular formula is C20H24O7. The Kier molecular flexibility index (Phi) is 5.93. The summed E-state index contributed by atoms with van der Waals surface area (Å²) in [6.45, 7) is 0.0875. The van der Waals surface area contributed by atoms with Gasteiger partial charge < -0.3 is 33.9 Å². The molecule has 0 aromatic heterocycles. The van der Waals surface area contributed by atoms with E-state index in [9.17, 15) is 10.2 Å². The van der Waals surface area contributed by atoms with Crippen LogP contribution in [0.5, 0.6) is 28.7 Å². The Morgan fingerprint density at radius 3 is 2.30 bits per heavy atom. The highest BCUT2D eigenvalue weighted by atomic mass is 16.7. The molecule has 2 N–H and O–H groups in total. The monoisotopic (exact) mass is 376 g/mol. The average Bonchev–Trinajstić information content (AvgIpc) is 3.17. The van der Waals surface area contributed by atoms with E-state index in [0.29, 0.717) is 39.9 Å². The van der Waals surface area contributed by atoms with Gasteiger partial charge in [-0.05, 0) is 23.8 Å². The fourth-order valence-corrected chi connectivity index (χ4v) is 3.15. The first-order chi connectivity index (χ1) is 13.1. The van der Waals surface area contributed by atoms with Gasteiger partial charge in [-0.2, -0.15) is 0 Å². The Morgan fingerprint density at radius 1 is 0.963 bits per heavy atom. The van der Waals surface area contributed by atoms with E-state index in [2.05, 4.69) is 0 Å². The van der Waals surface area contributed by atoms with Crippen LogP contribution in [0, 0.1) is 0 Å². The van der Waals surface area contributed by atoms with Crippen molar-refractivity contribution in [1.29, 1.82) is 0 Å². The zero-order valence-electron chi connectivity index (χ0n) is 15.6. The molecule has 1 aliphatic heterocycles. The van der Waals surface area contributed by atoms with Gasteiger partial charge in [0.25, 0.3) is 0 Å². The highest BCUT2D eigenvalue weighted by molar-refractivity contribution is 5.64. The van der Waals surface area contributed by atoms with Crippen LogP contribution in [0.1, 0.15) is 23.7 Å². The molecule has 0 saturated carbocycles. The van der Waals surface area contributed by atoms with Gasteiger partial charge in [0.05, 0.1) is 33.5 Å². The number of aliphatic hydroxyl groups excluding tert-OH is 2. The molecule has 0 amide bonds. The largest absolute Gasteiger partial charge is 0.497 e. The van der Waals surface area contributed by atoms with Gasteiger partial charge in [-0.25, -0.2) is 0 Å². The standard InChI is InChI=1S/C20H24O7/c1-23-15-6-4-12(5-7-15)16(22)10-14(21)8-13-9-17(24-2)19-20(18(13)25-3)27-11-26-19/h4-7,9,14,16,21-22H,8,10-11H2,1-3H3/t14-,16-/m1/s1. The molecule has 146 valence electrons. The Hall–Kier alpha value is -2.64. The number of ether oxygens (including phenoxy) is 5. The van der Waals surface area contributed by atoms with Crippen LogP contribution >= 0.6 is 0 Å². The molecule has 1 heterocycles. The van der Waals surface area contributed by atoms with Crippen molar-refractivity contribution in [3.05, 3.63) is 41.5 Å². The van der Waals surface area contributed by atoms with Crippen LogP contribution in [-0.2, 0) is 6.42 Å². The number of rotatable bonds is 8. The second-order valence-electron chi connectivity index (χ2n) is 6.22. The topological polar surface area (TPSA) is 86.6 Å². The molecule has 0 unspecified atom stereocenters. The second-order valence-corrected chi connectivity index (χ2v) is 6.22. The summed E-state index contributed by atoms with van der Waals surface area (Å²) in [6, 6.07) is 8.86. The molecule has 0 saturated heterocycles. The lowest BCUT2D eigenvalue weighted by atomic mass is 9.98. The molecule has 2 aromatic rings. The van der Waals surface area contributed by atoms with Gasteiger partial charge in [0.2, 0.25) is 18.3 Å². The first kappa shape index (κ1) is 19.1. The molecule has 7 heteroatoms. The summed E-state index contributed by atoms with van der Waals surface area (Å²) < 4.78 is 26.8. The zero-order valence-corrected chi connectivity index (χ0v) is 15.6. The van der Waals surface area contributed by atoms with Crippen LogP contribution in [0.25, 0.3) is 0 Å².